The van der Waals surface area contributed by atoms with E-state index in [4.69, 9.17) is 5.73 Å². The van der Waals surface area contributed by atoms with Gasteiger partial charge in [-0.3, -0.25) is 4.79 Å². The van der Waals surface area contributed by atoms with Gasteiger partial charge in [-0.15, -0.1) is 0 Å². The molecular weight excluding hydrogens is 226 g/mol. The Morgan fingerprint density at radius 3 is 2.50 bits per heavy atom. The molecule has 1 aliphatic heterocycles. The Labute approximate surface area is 108 Å². The highest BCUT2D eigenvalue weighted by molar-refractivity contribution is 5.83. The number of carbonyl (C=O) groups is 1. The Bertz CT molecular complexity index is 385. The fourth-order valence-electron chi connectivity index (χ4n) is 2.39. The minimum Gasteiger partial charge on any atom is -0.341 e. The maximum atomic E-state index is 12.3. The highest BCUT2D eigenvalue weighted by atomic mass is 16.2. The van der Waals surface area contributed by atoms with Crippen molar-refractivity contribution < 1.29 is 4.79 Å². The van der Waals surface area contributed by atoms with E-state index in [1.807, 2.05) is 42.3 Å². The van der Waals surface area contributed by atoms with Gasteiger partial charge in [0, 0.05) is 19.1 Å². The van der Waals surface area contributed by atoms with Crippen molar-refractivity contribution in [1.82, 2.24) is 10.2 Å². The van der Waals surface area contributed by atoms with E-state index in [2.05, 4.69) is 5.32 Å². The molecule has 4 nitrogen and oxygen atoms in total. The van der Waals surface area contributed by atoms with Crippen LogP contribution in [0.15, 0.2) is 30.3 Å². The molecule has 98 valence electrons. The zero-order valence-corrected chi connectivity index (χ0v) is 10.8. The number of nitrogens with two attached hydrogens (primary N) is 1. The molecule has 1 aromatic carbocycles. The third-order valence-electron chi connectivity index (χ3n) is 3.64. The predicted octanol–water partition coefficient (Wildman–Crippen LogP) is 0.897. The molecule has 0 bridgehead atoms. The molecule has 0 aromatic heterocycles. The first-order valence-corrected chi connectivity index (χ1v) is 6.49. The molecule has 0 saturated carbocycles. The van der Waals surface area contributed by atoms with Crippen LogP contribution >= 0.6 is 0 Å². The molecule has 0 radical (unpaired) electrons. The van der Waals surface area contributed by atoms with Gasteiger partial charge in [0.1, 0.15) is 6.04 Å². The minimum atomic E-state index is -0.530. The molecule has 1 fully saturated rings. The Kier molecular flexibility index (Phi) is 4.33. The smallest absolute Gasteiger partial charge is 0.244 e. The standard InChI is InChI=1S/C14H21N3O/c1-16-12-7-9-17(10-8-12)14(18)13(15)11-5-3-2-4-6-11/h2-6,12-13,16H,7-10,15H2,1H3/t13-/m1/s1. The number of benzene rings is 1. The van der Waals surface area contributed by atoms with Gasteiger partial charge in [0.2, 0.25) is 5.91 Å². The number of nitrogens with zero attached hydrogens (tertiary/aromatic N) is 1. The van der Waals surface area contributed by atoms with Crippen LogP contribution in [0.5, 0.6) is 0 Å². The number of likely N-dealkylation sites (tertiary alicyclic amines) is 1. The van der Waals surface area contributed by atoms with E-state index in [0.717, 1.165) is 31.5 Å². The first-order chi connectivity index (χ1) is 8.72. The molecule has 0 aliphatic carbocycles. The van der Waals surface area contributed by atoms with E-state index >= 15 is 0 Å². The van der Waals surface area contributed by atoms with E-state index < -0.39 is 6.04 Å². The van der Waals surface area contributed by atoms with Crippen LogP contribution in [-0.4, -0.2) is 37.0 Å². The predicted molar refractivity (Wildman–Crippen MR) is 72.0 cm³/mol. The molecular formula is C14H21N3O. The topological polar surface area (TPSA) is 58.4 Å². The second-order valence-electron chi connectivity index (χ2n) is 4.78. The molecule has 1 heterocycles. The van der Waals surface area contributed by atoms with Gasteiger partial charge in [-0.05, 0) is 25.5 Å². The van der Waals surface area contributed by atoms with E-state index in [1.54, 1.807) is 0 Å². The van der Waals surface area contributed by atoms with Crippen LogP contribution in [0.4, 0.5) is 0 Å². The van der Waals surface area contributed by atoms with Crippen LogP contribution in [-0.2, 0) is 4.79 Å². The summed E-state index contributed by atoms with van der Waals surface area (Å²) in [6, 6.07) is 9.57. The second-order valence-corrected chi connectivity index (χ2v) is 4.78. The highest BCUT2D eigenvalue weighted by Crippen LogP contribution is 2.17. The van der Waals surface area contributed by atoms with Crippen molar-refractivity contribution in [3.8, 4) is 0 Å². The molecule has 1 atom stereocenters. The zero-order chi connectivity index (χ0) is 13.0. The molecule has 1 amide bonds. The largest absolute Gasteiger partial charge is 0.341 e. The SMILES string of the molecule is CNC1CCN(C(=O)[C@H](N)c2ccccc2)CC1. The summed E-state index contributed by atoms with van der Waals surface area (Å²) in [6.45, 7) is 1.59. The molecule has 1 aliphatic rings. The summed E-state index contributed by atoms with van der Waals surface area (Å²) in [5.41, 5.74) is 6.92. The number of hydrogen-bond donors (Lipinski definition) is 2. The van der Waals surface area contributed by atoms with Gasteiger partial charge in [0.25, 0.3) is 0 Å². The number of hydrogen-bond acceptors (Lipinski definition) is 3. The van der Waals surface area contributed by atoms with Crippen LogP contribution in [0.2, 0.25) is 0 Å². The van der Waals surface area contributed by atoms with Crippen LogP contribution < -0.4 is 11.1 Å². The van der Waals surface area contributed by atoms with E-state index in [0.29, 0.717) is 6.04 Å². The van der Waals surface area contributed by atoms with E-state index in [9.17, 15) is 4.79 Å². The fourth-order valence-corrected chi connectivity index (χ4v) is 2.39. The summed E-state index contributed by atoms with van der Waals surface area (Å²) in [7, 11) is 1.97. The lowest BCUT2D eigenvalue weighted by atomic mass is 10.0. The number of carbonyl (C=O) groups excluding carboxylic acids is 1. The van der Waals surface area contributed by atoms with Crippen molar-refractivity contribution in [2.45, 2.75) is 24.9 Å². The van der Waals surface area contributed by atoms with Crippen molar-refractivity contribution in [2.75, 3.05) is 20.1 Å². The summed E-state index contributed by atoms with van der Waals surface area (Å²) in [4.78, 5) is 14.2. The number of nitrogens with one attached hydrogen (secondary N) is 1. The monoisotopic (exact) mass is 247 g/mol. The minimum absolute atomic E-state index is 0.0377. The average molecular weight is 247 g/mol. The second kappa shape index (κ2) is 5.98. The van der Waals surface area contributed by atoms with Gasteiger partial charge in [-0.1, -0.05) is 30.3 Å². The maximum absolute atomic E-state index is 12.3. The van der Waals surface area contributed by atoms with Crippen molar-refractivity contribution in [2.24, 2.45) is 5.73 Å². The van der Waals surface area contributed by atoms with Crippen molar-refractivity contribution in [3.05, 3.63) is 35.9 Å². The Hall–Kier alpha value is -1.39. The third kappa shape index (κ3) is 2.89. The summed E-state index contributed by atoms with van der Waals surface area (Å²) in [5.74, 6) is 0.0377. The summed E-state index contributed by atoms with van der Waals surface area (Å²) >= 11 is 0. The Balaban J connectivity index is 1.96. The lowest BCUT2D eigenvalue weighted by Crippen LogP contribution is -2.46. The first-order valence-electron chi connectivity index (χ1n) is 6.49. The lowest BCUT2D eigenvalue weighted by molar-refractivity contribution is -0.133. The van der Waals surface area contributed by atoms with Gasteiger partial charge in [0.15, 0.2) is 0 Å². The number of rotatable bonds is 3. The van der Waals surface area contributed by atoms with Gasteiger partial charge < -0.3 is 16.0 Å². The highest BCUT2D eigenvalue weighted by Gasteiger charge is 2.26. The third-order valence-corrected chi connectivity index (χ3v) is 3.64. The average Bonchev–Trinajstić information content (AvgIpc) is 2.47. The van der Waals surface area contributed by atoms with Gasteiger partial charge in [0.05, 0.1) is 0 Å². The van der Waals surface area contributed by atoms with Crippen LogP contribution in [0.25, 0.3) is 0 Å². The van der Waals surface area contributed by atoms with Gasteiger partial charge in [-0.2, -0.15) is 0 Å². The van der Waals surface area contributed by atoms with E-state index in [-0.39, 0.29) is 5.91 Å². The normalized spacial score (nSPS) is 18.7. The molecule has 1 aromatic rings. The Morgan fingerprint density at radius 1 is 1.33 bits per heavy atom. The number of amides is 1. The molecule has 0 spiro atoms. The van der Waals surface area contributed by atoms with E-state index in [1.165, 1.54) is 0 Å². The summed E-state index contributed by atoms with van der Waals surface area (Å²) in [5, 5.41) is 3.26. The fraction of sp³-hybridized carbons (Fsp3) is 0.500. The maximum Gasteiger partial charge on any atom is 0.244 e. The molecule has 0 unspecified atom stereocenters. The van der Waals surface area contributed by atoms with Crippen molar-refractivity contribution in [1.29, 1.82) is 0 Å². The van der Waals surface area contributed by atoms with Gasteiger partial charge in [-0.25, -0.2) is 0 Å². The van der Waals surface area contributed by atoms with Crippen LogP contribution in [0.3, 0.4) is 0 Å². The lowest BCUT2D eigenvalue weighted by Gasteiger charge is -2.33. The molecule has 4 heteroatoms. The molecule has 1 saturated heterocycles. The van der Waals surface area contributed by atoms with Gasteiger partial charge >= 0.3 is 0 Å². The van der Waals surface area contributed by atoms with Crippen molar-refractivity contribution >= 4 is 5.91 Å². The first kappa shape index (κ1) is 13.1. The molecule has 3 N–H and O–H groups in total. The van der Waals surface area contributed by atoms with Crippen molar-refractivity contribution in [3.63, 3.8) is 0 Å². The zero-order valence-electron chi connectivity index (χ0n) is 10.8. The van der Waals surface area contributed by atoms with Crippen LogP contribution in [0, 0.1) is 0 Å². The summed E-state index contributed by atoms with van der Waals surface area (Å²) in [6.07, 6.45) is 2.01. The molecule has 2 rings (SSSR count). The molecule has 18 heavy (non-hydrogen) atoms. The quantitative estimate of drug-likeness (QED) is 0.834. The van der Waals surface area contributed by atoms with Crippen LogP contribution in [0.1, 0.15) is 24.4 Å². The Morgan fingerprint density at radius 2 is 1.94 bits per heavy atom. The number of piperidine rings is 1. The summed E-state index contributed by atoms with van der Waals surface area (Å²) < 4.78 is 0.